The number of carbonyl (C=O) groups excluding carboxylic acids is 1. The number of aromatic nitrogens is 2. The van der Waals surface area contributed by atoms with Crippen molar-refractivity contribution in [2.45, 2.75) is 31.8 Å². The number of H-pyrrole nitrogens is 1. The Hall–Kier alpha value is -2.85. The van der Waals surface area contributed by atoms with Crippen LogP contribution in [-0.2, 0) is 11.3 Å². The van der Waals surface area contributed by atoms with Crippen molar-refractivity contribution in [1.29, 1.82) is 5.26 Å². The van der Waals surface area contributed by atoms with Crippen molar-refractivity contribution >= 4 is 5.91 Å². The largest absolute Gasteiger partial charge is 0.354 e. The summed E-state index contributed by atoms with van der Waals surface area (Å²) in [5.74, 6) is 0.532. The molecule has 2 aromatic rings. The minimum Gasteiger partial charge on any atom is -0.354 e. The minimum atomic E-state index is -0.0772. The van der Waals surface area contributed by atoms with Gasteiger partial charge in [-0.2, -0.15) is 5.26 Å². The molecule has 2 N–H and O–H groups in total. The highest BCUT2D eigenvalue weighted by Gasteiger charge is 2.40. The predicted molar refractivity (Wildman–Crippen MR) is 100 cm³/mol. The van der Waals surface area contributed by atoms with Crippen LogP contribution in [-0.4, -0.2) is 40.0 Å². The number of carbonyl (C=O) groups is 1. The van der Waals surface area contributed by atoms with E-state index in [1.807, 2.05) is 29.0 Å². The van der Waals surface area contributed by atoms with Crippen molar-refractivity contribution < 1.29 is 4.79 Å². The van der Waals surface area contributed by atoms with Gasteiger partial charge in [-0.3, -0.25) is 14.5 Å². The van der Waals surface area contributed by atoms with Crippen molar-refractivity contribution in [2.24, 2.45) is 5.92 Å². The number of hydrogen-bond acceptors (Lipinski definition) is 4. The van der Waals surface area contributed by atoms with E-state index in [1.165, 1.54) is 6.92 Å². The molecule has 2 bridgehead atoms. The van der Waals surface area contributed by atoms with Crippen LogP contribution >= 0.6 is 0 Å². The number of pyridine rings is 1. The molecular formula is C20H23N5O2. The maximum atomic E-state index is 12.6. The Balaban J connectivity index is 1.61. The zero-order valence-electron chi connectivity index (χ0n) is 15.3. The number of nitriles is 1. The Kier molecular flexibility index (Phi) is 4.58. The molecule has 7 nitrogen and oxygen atoms in total. The molecule has 7 heteroatoms. The van der Waals surface area contributed by atoms with E-state index >= 15 is 0 Å². The second-order valence-electron chi connectivity index (χ2n) is 7.58. The van der Waals surface area contributed by atoms with Gasteiger partial charge in [-0.15, -0.1) is 0 Å². The van der Waals surface area contributed by atoms with Gasteiger partial charge in [-0.05, 0) is 30.0 Å². The van der Waals surface area contributed by atoms with Crippen LogP contribution in [0.25, 0.3) is 0 Å². The van der Waals surface area contributed by atoms with Gasteiger partial charge >= 0.3 is 0 Å². The number of piperidine rings is 1. The summed E-state index contributed by atoms with van der Waals surface area (Å²) in [4.78, 5) is 29.4. The van der Waals surface area contributed by atoms with Gasteiger partial charge in [0.25, 0.3) is 5.56 Å². The van der Waals surface area contributed by atoms with E-state index in [4.69, 9.17) is 5.26 Å². The quantitative estimate of drug-likeness (QED) is 0.855. The van der Waals surface area contributed by atoms with E-state index < -0.39 is 0 Å². The molecule has 3 atom stereocenters. The van der Waals surface area contributed by atoms with E-state index in [0.717, 1.165) is 37.3 Å². The summed E-state index contributed by atoms with van der Waals surface area (Å²) in [5.41, 5.74) is 2.74. The average molecular weight is 365 g/mol. The summed E-state index contributed by atoms with van der Waals surface area (Å²) in [6.07, 6.45) is 2.91. The molecule has 0 aromatic carbocycles. The minimum absolute atomic E-state index is 0.00954. The van der Waals surface area contributed by atoms with Gasteiger partial charge in [0.1, 0.15) is 11.8 Å². The number of nitrogens with zero attached hydrogens (tertiary/aromatic N) is 3. The summed E-state index contributed by atoms with van der Waals surface area (Å²) in [6.45, 7) is 4.51. The number of fused-ring (bicyclic) bond motifs is 4. The Morgan fingerprint density at radius 2 is 2.26 bits per heavy atom. The Labute approximate surface area is 157 Å². The smallest absolute Gasteiger partial charge is 0.251 e. The van der Waals surface area contributed by atoms with Gasteiger partial charge in [0.15, 0.2) is 0 Å². The molecule has 1 fully saturated rings. The Morgan fingerprint density at radius 3 is 3.00 bits per heavy atom. The molecule has 2 aliphatic rings. The van der Waals surface area contributed by atoms with Crippen LogP contribution in [0.5, 0.6) is 0 Å². The van der Waals surface area contributed by atoms with Crippen molar-refractivity contribution in [3.63, 3.8) is 0 Å². The molecule has 0 aliphatic carbocycles. The first kappa shape index (κ1) is 17.6. The summed E-state index contributed by atoms with van der Waals surface area (Å²) < 4.78 is 1.90. The second-order valence-corrected chi connectivity index (χ2v) is 7.58. The molecule has 27 heavy (non-hydrogen) atoms. The van der Waals surface area contributed by atoms with Gasteiger partial charge in [0, 0.05) is 57.0 Å². The third-order valence-corrected chi connectivity index (χ3v) is 5.70. The number of rotatable bonds is 4. The van der Waals surface area contributed by atoms with E-state index in [0.29, 0.717) is 24.1 Å². The monoisotopic (exact) mass is 365 g/mol. The number of amides is 1. The van der Waals surface area contributed by atoms with Crippen LogP contribution in [0.1, 0.15) is 42.3 Å². The standard InChI is InChI=1S/C20H23N5O2/c1-13(26)22-9-19-16-6-15(18-3-2-4-20(27)25(18)19)11-24(12-16)10-14-5-17(7-21)23-8-14/h2-5,8,15-16,19,23H,6,9-12H2,1H3,(H,22,26)/t15-,16+,19+/m1/s1. The zero-order chi connectivity index (χ0) is 19.0. The lowest BCUT2D eigenvalue weighted by Crippen LogP contribution is -2.51. The first-order valence-corrected chi connectivity index (χ1v) is 9.31. The van der Waals surface area contributed by atoms with E-state index in [1.54, 1.807) is 6.07 Å². The molecule has 2 aromatic heterocycles. The van der Waals surface area contributed by atoms with Crippen molar-refractivity contribution in [1.82, 2.24) is 19.8 Å². The van der Waals surface area contributed by atoms with Gasteiger partial charge < -0.3 is 14.9 Å². The highest BCUT2D eigenvalue weighted by Crippen LogP contribution is 2.41. The fourth-order valence-electron chi connectivity index (χ4n) is 4.63. The van der Waals surface area contributed by atoms with E-state index in [9.17, 15) is 9.59 Å². The average Bonchev–Trinajstić information content (AvgIpc) is 3.09. The number of likely N-dealkylation sites (tertiary alicyclic amines) is 1. The fraction of sp³-hybridized carbons (Fsp3) is 0.450. The molecule has 0 radical (unpaired) electrons. The highest BCUT2D eigenvalue weighted by molar-refractivity contribution is 5.72. The molecule has 0 unspecified atom stereocenters. The van der Waals surface area contributed by atoms with Crippen molar-refractivity contribution in [3.8, 4) is 6.07 Å². The van der Waals surface area contributed by atoms with Crippen molar-refractivity contribution in [3.05, 3.63) is 57.8 Å². The first-order valence-electron chi connectivity index (χ1n) is 9.31. The molecular weight excluding hydrogens is 342 g/mol. The lowest BCUT2D eigenvalue weighted by molar-refractivity contribution is -0.119. The third-order valence-electron chi connectivity index (χ3n) is 5.70. The number of aromatic amines is 1. The van der Waals surface area contributed by atoms with Crippen LogP contribution < -0.4 is 10.9 Å². The zero-order valence-corrected chi connectivity index (χ0v) is 15.3. The summed E-state index contributed by atoms with van der Waals surface area (Å²) in [5, 5.41) is 11.9. The highest BCUT2D eigenvalue weighted by atomic mass is 16.1. The van der Waals surface area contributed by atoms with Gasteiger partial charge in [-0.1, -0.05) is 6.07 Å². The molecule has 1 amide bonds. The Morgan fingerprint density at radius 1 is 1.41 bits per heavy atom. The lowest BCUT2D eigenvalue weighted by Gasteiger charge is -2.47. The van der Waals surface area contributed by atoms with Crippen LogP contribution in [0.2, 0.25) is 0 Å². The maximum absolute atomic E-state index is 12.6. The first-order chi connectivity index (χ1) is 13.0. The topological polar surface area (TPSA) is 93.9 Å². The van der Waals surface area contributed by atoms with Gasteiger partial charge in [-0.25, -0.2) is 0 Å². The number of hydrogen-bond donors (Lipinski definition) is 2. The van der Waals surface area contributed by atoms with E-state index in [-0.39, 0.29) is 17.5 Å². The lowest BCUT2D eigenvalue weighted by atomic mass is 9.78. The SMILES string of the molecule is CC(=O)NC[C@H]1[C@H]2C[C@H](CN(Cc3c[nH]c(C#N)c3)C2)c2cccc(=O)n21. The molecule has 2 aliphatic heterocycles. The summed E-state index contributed by atoms with van der Waals surface area (Å²) in [7, 11) is 0. The molecule has 0 saturated carbocycles. The second kappa shape index (κ2) is 7.05. The Bertz CT molecular complexity index is 954. The normalized spacial score (nSPS) is 24.1. The molecule has 0 spiro atoms. The van der Waals surface area contributed by atoms with Crippen LogP contribution in [0.15, 0.2) is 35.3 Å². The van der Waals surface area contributed by atoms with Gasteiger partial charge in [0.2, 0.25) is 5.91 Å². The van der Waals surface area contributed by atoms with Crippen LogP contribution in [0.3, 0.4) is 0 Å². The fourth-order valence-corrected chi connectivity index (χ4v) is 4.63. The molecule has 4 rings (SSSR count). The third kappa shape index (κ3) is 3.40. The predicted octanol–water partition coefficient (Wildman–Crippen LogP) is 1.34. The molecule has 140 valence electrons. The summed E-state index contributed by atoms with van der Waals surface area (Å²) in [6, 6.07) is 9.45. The summed E-state index contributed by atoms with van der Waals surface area (Å²) >= 11 is 0. The van der Waals surface area contributed by atoms with Crippen molar-refractivity contribution in [2.75, 3.05) is 19.6 Å². The van der Waals surface area contributed by atoms with Crippen LogP contribution in [0.4, 0.5) is 0 Å². The maximum Gasteiger partial charge on any atom is 0.251 e. The number of nitrogens with one attached hydrogen (secondary N) is 2. The van der Waals surface area contributed by atoms with Crippen LogP contribution in [0, 0.1) is 17.2 Å². The molecule has 1 saturated heterocycles. The van der Waals surface area contributed by atoms with Gasteiger partial charge in [0.05, 0.1) is 6.04 Å². The van der Waals surface area contributed by atoms with E-state index in [2.05, 4.69) is 21.3 Å². The molecule has 4 heterocycles.